The van der Waals surface area contributed by atoms with Gasteiger partial charge in [0.15, 0.2) is 0 Å². The second kappa shape index (κ2) is 3.71. The van der Waals surface area contributed by atoms with Crippen molar-refractivity contribution >= 4 is 0 Å². The molecule has 0 atom stereocenters. The van der Waals surface area contributed by atoms with Crippen LogP contribution in [0.3, 0.4) is 0 Å². The summed E-state index contributed by atoms with van der Waals surface area (Å²) in [5, 5.41) is 12.5. The molecule has 2 heterocycles. The van der Waals surface area contributed by atoms with E-state index in [4.69, 9.17) is 5.26 Å². The van der Waals surface area contributed by atoms with Crippen molar-refractivity contribution in [1.82, 2.24) is 14.8 Å². The number of nitrogens with zero attached hydrogens (tertiary/aromatic N) is 4. The summed E-state index contributed by atoms with van der Waals surface area (Å²) in [6.07, 6.45) is 7.06. The SMILES string of the molecule is N#CCn1cc(-c2cccnc2)cn1. The Bertz CT molecular complexity index is 452. The van der Waals surface area contributed by atoms with Gasteiger partial charge >= 0.3 is 0 Å². The van der Waals surface area contributed by atoms with Crippen molar-refractivity contribution in [1.29, 1.82) is 5.26 Å². The Kier molecular flexibility index (Phi) is 2.24. The Morgan fingerprint density at radius 1 is 1.36 bits per heavy atom. The zero-order valence-corrected chi connectivity index (χ0v) is 7.46. The highest BCUT2D eigenvalue weighted by Gasteiger charge is 2.00. The van der Waals surface area contributed by atoms with E-state index in [1.54, 1.807) is 23.3 Å². The zero-order valence-electron chi connectivity index (χ0n) is 7.46. The van der Waals surface area contributed by atoms with Gasteiger partial charge in [0.1, 0.15) is 6.54 Å². The molecule has 2 rings (SSSR count). The molecular formula is C10H8N4. The highest BCUT2D eigenvalue weighted by molar-refractivity contribution is 5.60. The van der Waals surface area contributed by atoms with Gasteiger partial charge in [-0.3, -0.25) is 9.67 Å². The molecule has 0 fully saturated rings. The first kappa shape index (κ1) is 8.45. The Morgan fingerprint density at radius 3 is 3.00 bits per heavy atom. The first-order chi connectivity index (χ1) is 6.90. The molecule has 0 aliphatic rings. The minimum absolute atomic E-state index is 0.278. The molecule has 0 spiro atoms. The van der Waals surface area contributed by atoms with E-state index < -0.39 is 0 Å². The lowest BCUT2D eigenvalue weighted by atomic mass is 10.2. The fourth-order valence-corrected chi connectivity index (χ4v) is 1.21. The average molecular weight is 184 g/mol. The molecule has 0 N–H and O–H groups in total. The van der Waals surface area contributed by atoms with Crippen LogP contribution in [-0.2, 0) is 6.54 Å². The molecule has 0 radical (unpaired) electrons. The van der Waals surface area contributed by atoms with Gasteiger partial charge in [-0.1, -0.05) is 6.07 Å². The summed E-state index contributed by atoms with van der Waals surface area (Å²) in [6.45, 7) is 0.278. The van der Waals surface area contributed by atoms with Gasteiger partial charge in [-0.2, -0.15) is 10.4 Å². The number of nitriles is 1. The van der Waals surface area contributed by atoms with E-state index in [9.17, 15) is 0 Å². The molecule has 14 heavy (non-hydrogen) atoms. The van der Waals surface area contributed by atoms with Gasteiger partial charge in [-0.05, 0) is 6.07 Å². The summed E-state index contributed by atoms with van der Waals surface area (Å²) in [5.41, 5.74) is 1.99. The van der Waals surface area contributed by atoms with Crippen molar-refractivity contribution in [2.24, 2.45) is 0 Å². The van der Waals surface area contributed by atoms with Crippen LogP contribution >= 0.6 is 0 Å². The molecule has 0 saturated carbocycles. The Balaban J connectivity index is 2.31. The molecule has 0 aromatic carbocycles. The van der Waals surface area contributed by atoms with Crippen LogP contribution in [0.4, 0.5) is 0 Å². The molecule has 0 bridgehead atoms. The monoisotopic (exact) mass is 184 g/mol. The highest BCUT2D eigenvalue weighted by atomic mass is 15.3. The summed E-state index contributed by atoms with van der Waals surface area (Å²) in [7, 11) is 0. The highest BCUT2D eigenvalue weighted by Crippen LogP contribution is 2.15. The molecule has 4 heteroatoms. The van der Waals surface area contributed by atoms with Crippen LogP contribution in [0.2, 0.25) is 0 Å². The average Bonchev–Trinajstić information content (AvgIpc) is 2.68. The fourth-order valence-electron chi connectivity index (χ4n) is 1.21. The van der Waals surface area contributed by atoms with Crippen molar-refractivity contribution in [3.63, 3.8) is 0 Å². The van der Waals surface area contributed by atoms with Gasteiger partial charge in [0, 0.05) is 29.7 Å². The van der Waals surface area contributed by atoms with Crippen molar-refractivity contribution in [3.8, 4) is 17.2 Å². The molecule has 68 valence electrons. The van der Waals surface area contributed by atoms with Crippen molar-refractivity contribution in [2.45, 2.75) is 6.54 Å². The normalized spacial score (nSPS) is 9.64. The van der Waals surface area contributed by atoms with Crippen molar-refractivity contribution in [2.75, 3.05) is 0 Å². The zero-order chi connectivity index (χ0) is 9.80. The van der Waals surface area contributed by atoms with E-state index in [2.05, 4.69) is 10.1 Å². The molecule has 2 aromatic heterocycles. The first-order valence-corrected chi connectivity index (χ1v) is 4.20. The van der Waals surface area contributed by atoms with E-state index >= 15 is 0 Å². The largest absolute Gasteiger partial charge is 0.264 e. The predicted molar refractivity (Wildman–Crippen MR) is 51.1 cm³/mol. The van der Waals surface area contributed by atoms with E-state index in [1.807, 2.05) is 24.4 Å². The van der Waals surface area contributed by atoms with Crippen LogP contribution < -0.4 is 0 Å². The third-order valence-corrected chi connectivity index (χ3v) is 1.86. The van der Waals surface area contributed by atoms with Gasteiger partial charge in [0.05, 0.1) is 12.3 Å². The maximum absolute atomic E-state index is 8.48. The van der Waals surface area contributed by atoms with Gasteiger partial charge in [0.2, 0.25) is 0 Å². The van der Waals surface area contributed by atoms with Crippen LogP contribution in [-0.4, -0.2) is 14.8 Å². The summed E-state index contributed by atoms with van der Waals surface area (Å²) in [5.74, 6) is 0. The second-order valence-corrected chi connectivity index (χ2v) is 2.83. The third kappa shape index (κ3) is 1.62. The summed E-state index contributed by atoms with van der Waals surface area (Å²) in [6, 6.07) is 5.86. The summed E-state index contributed by atoms with van der Waals surface area (Å²) >= 11 is 0. The predicted octanol–water partition coefficient (Wildman–Crippen LogP) is 1.47. The van der Waals surface area contributed by atoms with Gasteiger partial charge in [-0.25, -0.2) is 0 Å². The van der Waals surface area contributed by atoms with Crippen molar-refractivity contribution in [3.05, 3.63) is 36.9 Å². The first-order valence-electron chi connectivity index (χ1n) is 4.20. The smallest absolute Gasteiger partial charge is 0.128 e. The molecule has 0 aliphatic carbocycles. The van der Waals surface area contributed by atoms with Crippen molar-refractivity contribution < 1.29 is 0 Å². The van der Waals surface area contributed by atoms with Crippen LogP contribution in [0.15, 0.2) is 36.9 Å². The van der Waals surface area contributed by atoms with E-state index in [0.29, 0.717) is 0 Å². The minimum Gasteiger partial charge on any atom is -0.264 e. The van der Waals surface area contributed by atoms with Gasteiger partial charge < -0.3 is 0 Å². The van der Waals surface area contributed by atoms with Crippen LogP contribution in [0, 0.1) is 11.3 Å². The lowest BCUT2D eigenvalue weighted by Gasteiger charge is -1.93. The van der Waals surface area contributed by atoms with Crippen LogP contribution in [0.25, 0.3) is 11.1 Å². The van der Waals surface area contributed by atoms with E-state index in [-0.39, 0.29) is 6.54 Å². The number of pyridine rings is 1. The molecular weight excluding hydrogens is 176 g/mol. The molecule has 0 amide bonds. The second-order valence-electron chi connectivity index (χ2n) is 2.83. The molecule has 0 saturated heterocycles. The van der Waals surface area contributed by atoms with Gasteiger partial charge in [-0.15, -0.1) is 0 Å². The minimum atomic E-state index is 0.278. The Hall–Kier alpha value is -2.15. The Labute approximate surface area is 81.4 Å². The fraction of sp³-hybridized carbons (Fsp3) is 0.100. The summed E-state index contributed by atoms with van der Waals surface area (Å²) in [4.78, 5) is 4.01. The summed E-state index contributed by atoms with van der Waals surface area (Å²) < 4.78 is 1.60. The maximum atomic E-state index is 8.48. The van der Waals surface area contributed by atoms with Gasteiger partial charge in [0.25, 0.3) is 0 Å². The topological polar surface area (TPSA) is 54.5 Å². The number of hydrogen-bond donors (Lipinski definition) is 0. The quantitative estimate of drug-likeness (QED) is 0.710. The van der Waals surface area contributed by atoms with Crippen LogP contribution in [0.1, 0.15) is 0 Å². The molecule has 4 nitrogen and oxygen atoms in total. The lowest BCUT2D eigenvalue weighted by Crippen LogP contribution is -1.93. The molecule has 2 aromatic rings. The third-order valence-electron chi connectivity index (χ3n) is 1.86. The number of rotatable bonds is 2. The number of aromatic nitrogens is 3. The van der Waals surface area contributed by atoms with E-state index in [0.717, 1.165) is 11.1 Å². The molecule has 0 aliphatic heterocycles. The Morgan fingerprint density at radius 2 is 2.29 bits per heavy atom. The van der Waals surface area contributed by atoms with E-state index in [1.165, 1.54) is 0 Å². The van der Waals surface area contributed by atoms with Crippen LogP contribution in [0.5, 0.6) is 0 Å². The number of hydrogen-bond acceptors (Lipinski definition) is 3. The molecule has 0 unspecified atom stereocenters. The maximum Gasteiger partial charge on any atom is 0.128 e. The lowest BCUT2D eigenvalue weighted by molar-refractivity contribution is 0.710. The standard InChI is InChI=1S/C10H8N4/c11-3-5-14-8-10(7-13-14)9-2-1-4-12-6-9/h1-2,4,6-8H,5H2.